The molecule has 0 aromatic rings. The van der Waals surface area contributed by atoms with Crippen molar-refractivity contribution in [2.45, 2.75) is 85.2 Å². The summed E-state index contributed by atoms with van der Waals surface area (Å²) in [6.45, 7) is 9.85. The minimum absolute atomic E-state index is 0.0732. The molecule has 5 amide bonds. The molecule has 0 saturated heterocycles. The second kappa shape index (κ2) is 16.5. The molecule has 2 atom stereocenters. The van der Waals surface area contributed by atoms with Crippen LogP contribution in [-0.4, -0.2) is 60.0 Å². The lowest BCUT2D eigenvalue weighted by Gasteiger charge is -2.28. The number of nitrogens with one attached hydrogen (secondary N) is 4. The minimum Gasteiger partial charge on any atom is -0.355 e. The number of carbonyl (C=O) groups excluding carboxylic acids is 5. The van der Waals surface area contributed by atoms with Crippen LogP contribution in [0.3, 0.4) is 0 Å². The highest BCUT2D eigenvalue weighted by atomic mass is 79.9. The number of amides is 5. The van der Waals surface area contributed by atoms with Gasteiger partial charge in [-0.2, -0.15) is 0 Å². The zero-order chi connectivity index (χ0) is 26.3. The van der Waals surface area contributed by atoms with Gasteiger partial charge in [-0.1, -0.05) is 57.0 Å². The standard InChI is InChI=1S/C23H42BrN5O5/c1-15(2)19(29-17(30)11-7-6-8-12-26-18(31)14-24)21(33)28-16(20(32)23(3,4)5)10-9-13-27-22(25)34/h15-16,19H,6-14H2,1-5H3,(H,26,31)(H,28,33)(H,29,30)(H3,25,27,34)/t16-,19-/m0/s1. The number of unbranched alkanes of at least 4 members (excludes halogenated alkanes) is 2. The third-order valence-corrected chi connectivity index (χ3v) is 5.64. The summed E-state index contributed by atoms with van der Waals surface area (Å²) in [7, 11) is 0. The summed E-state index contributed by atoms with van der Waals surface area (Å²) < 4.78 is 0. The highest BCUT2D eigenvalue weighted by Gasteiger charge is 2.33. The number of urea groups is 1. The first-order chi connectivity index (χ1) is 15.8. The van der Waals surface area contributed by atoms with Gasteiger partial charge in [-0.25, -0.2) is 4.79 Å². The lowest BCUT2D eigenvalue weighted by atomic mass is 9.84. The van der Waals surface area contributed by atoms with Crippen molar-refractivity contribution in [2.75, 3.05) is 18.4 Å². The van der Waals surface area contributed by atoms with Gasteiger partial charge in [0.25, 0.3) is 0 Å². The SMILES string of the molecule is CC(C)[C@H](NC(=O)CCCCCNC(=O)CBr)C(=O)N[C@@H](CCCNC(N)=O)C(=O)C(C)(C)C. The predicted octanol–water partition coefficient (Wildman–Crippen LogP) is 1.75. The summed E-state index contributed by atoms with van der Waals surface area (Å²) in [5.41, 5.74) is 4.40. The van der Waals surface area contributed by atoms with Crippen LogP contribution in [-0.2, 0) is 19.2 Å². The monoisotopic (exact) mass is 547 g/mol. The molecule has 196 valence electrons. The van der Waals surface area contributed by atoms with Crippen LogP contribution in [0, 0.1) is 11.3 Å². The molecule has 6 N–H and O–H groups in total. The van der Waals surface area contributed by atoms with Crippen LogP contribution in [0.15, 0.2) is 0 Å². The number of nitrogens with two attached hydrogens (primary N) is 1. The van der Waals surface area contributed by atoms with Crippen LogP contribution < -0.4 is 27.0 Å². The van der Waals surface area contributed by atoms with Crippen LogP contribution in [0.4, 0.5) is 4.79 Å². The second-order valence-electron chi connectivity index (χ2n) is 9.69. The van der Waals surface area contributed by atoms with Crippen molar-refractivity contribution in [1.29, 1.82) is 0 Å². The van der Waals surface area contributed by atoms with Crippen molar-refractivity contribution in [3.63, 3.8) is 0 Å². The number of rotatable bonds is 16. The highest BCUT2D eigenvalue weighted by Crippen LogP contribution is 2.19. The summed E-state index contributed by atoms with van der Waals surface area (Å²) in [6.07, 6.45) is 3.25. The summed E-state index contributed by atoms with van der Waals surface area (Å²) in [5.74, 6) is -1.02. The Balaban J connectivity index is 4.85. The van der Waals surface area contributed by atoms with Gasteiger partial charge in [0.1, 0.15) is 6.04 Å². The molecule has 11 heteroatoms. The van der Waals surface area contributed by atoms with Crippen LogP contribution >= 0.6 is 15.9 Å². The van der Waals surface area contributed by atoms with E-state index in [1.54, 1.807) is 20.8 Å². The lowest BCUT2D eigenvalue weighted by Crippen LogP contribution is -2.55. The molecule has 0 unspecified atom stereocenters. The Labute approximate surface area is 211 Å². The molecule has 0 aliphatic carbocycles. The van der Waals surface area contributed by atoms with E-state index >= 15 is 0 Å². The molecule has 10 nitrogen and oxygen atoms in total. The van der Waals surface area contributed by atoms with Gasteiger partial charge in [0.05, 0.1) is 11.4 Å². The van der Waals surface area contributed by atoms with Crippen LogP contribution in [0.5, 0.6) is 0 Å². The Hall–Kier alpha value is -2.17. The number of Topliss-reactive ketones (excluding diaryl/α,β-unsaturated/α-hetero) is 1. The van der Waals surface area contributed by atoms with Gasteiger partial charge >= 0.3 is 6.03 Å². The Morgan fingerprint density at radius 3 is 2.00 bits per heavy atom. The van der Waals surface area contributed by atoms with Gasteiger partial charge in [0.15, 0.2) is 5.78 Å². The average Bonchev–Trinajstić information content (AvgIpc) is 2.74. The number of primary amides is 1. The number of alkyl halides is 1. The molecule has 0 aliphatic heterocycles. The van der Waals surface area contributed by atoms with Gasteiger partial charge in [-0.05, 0) is 31.6 Å². The third kappa shape index (κ3) is 14.2. The minimum atomic E-state index is -0.773. The van der Waals surface area contributed by atoms with Crippen molar-refractivity contribution in [2.24, 2.45) is 17.1 Å². The first-order valence-corrected chi connectivity index (χ1v) is 12.9. The van der Waals surface area contributed by atoms with Crippen LogP contribution in [0.1, 0.15) is 73.1 Å². The summed E-state index contributed by atoms with van der Waals surface area (Å²) in [4.78, 5) is 60.3. The van der Waals surface area contributed by atoms with Crippen molar-refractivity contribution >= 4 is 45.5 Å². The molecule has 0 bridgehead atoms. The van der Waals surface area contributed by atoms with Gasteiger partial charge in [-0.15, -0.1) is 0 Å². The van der Waals surface area contributed by atoms with Gasteiger partial charge in [0.2, 0.25) is 17.7 Å². The zero-order valence-electron chi connectivity index (χ0n) is 21.1. The molecule has 0 aromatic carbocycles. The molecule has 0 aliphatic rings. The lowest BCUT2D eigenvalue weighted by molar-refractivity contribution is -0.135. The summed E-state index contributed by atoms with van der Waals surface area (Å²) in [6, 6.07) is -2.16. The maximum Gasteiger partial charge on any atom is 0.312 e. The predicted molar refractivity (Wildman–Crippen MR) is 135 cm³/mol. The number of hydrogen-bond acceptors (Lipinski definition) is 5. The number of ketones is 1. The van der Waals surface area contributed by atoms with E-state index in [9.17, 15) is 24.0 Å². The Kier molecular flexibility index (Phi) is 15.4. The second-order valence-corrected chi connectivity index (χ2v) is 10.3. The zero-order valence-corrected chi connectivity index (χ0v) is 22.7. The van der Waals surface area contributed by atoms with E-state index < -0.39 is 29.4 Å². The van der Waals surface area contributed by atoms with Crippen molar-refractivity contribution < 1.29 is 24.0 Å². The fourth-order valence-electron chi connectivity index (χ4n) is 3.21. The molecule has 34 heavy (non-hydrogen) atoms. The maximum atomic E-state index is 13.0. The molecule has 0 fully saturated rings. The van der Waals surface area contributed by atoms with E-state index in [1.807, 2.05) is 13.8 Å². The van der Waals surface area contributed by atoms with E-state index in [0.29, 0.717) is 32.4 Å². The highest BCUT2D eigenvalue weighted by molar-refractivity contribution is 9.09. The van der Waals surface area contributed by atoms with E-state index in [2.05, 4.69) is 37.2 Å². The molecular weight excluding hydrogens is 506 g/mol. The Morgan fingerprint density at radius 1 is 0.853 bits per heavy atom. The smallest absolute Gasteiger partial charge is 0.312 e. The third-order valence-electron chi connectivity index (χ3n) is 5.13. The Bertz CT molecular complexity index is 694. The largest absolute Gasteiger partial charge is 0.355 e. The van der Waals surface area contributed by atoms with E-state index in [0.717, 1.165) is 12.8 Å². The Morgan fingerprint density at radius 2 is 1.47 bits per heavy atom. The fraction of sp³-hybridized carbons (Fsp3) is 0.783. The van der Waals surface area contributed by atoms with E-state index in [-0.39, 0.29) is 35.3 Å². The van der Waals surface area contributed by atoms with Crippen molar-refractivity contribution in [3.05, 3.63) is 0 Å². The van der Waals surface area contributed by atoms with Gasteiger partial charge in [0, 0.05) is 24.9 Å². The summed E-state index contributed by atoms with van der Waals surface area (Å²) >= 11 is 3.08. The molecule has 0 spiro atoms. The molecule has 0 rings (SSSR count). The fourth-order valence-corrected chi connectivity index (χ4v) is 3.41. The number of halogens is 1. The van der Waals surface area contributed by atoms with Gasteiger partial charge in [-0.3, -0.25) is 19.2 Å². The van der Waals surface area contributed by atoms with Crippen LogP contribution in [0.2, 0.25) is 0 Å². The number of hydrogen-bond donors (Lipinski definition) is 5. The van der Waals surface area contributed by atoms with E-state index in [4.69, 9.17) is 5.73 Å². The quantitative estimate of drug-likeness (QED) is 0.147. The normalized spacial score (nSPS) is 13.0. The molecule has 0 heterocycles. The average molecular weight is 549 g/mol. The molecule has 0 radical (unpaired) electrons. The van der Waals surface area contributed by atoms with E-state index in [1.165, 1.54) is 0 Å². The molecule has 0 saturated carbocycles. The molecule has 0 aromatic heterocycles. The topological polar surface area (TPSA) is 159 Å². The van der Waals surface area contributed by atoms with Gasteiger partial charge < -0.3 is 27.0 Å². The summed E-state index contributed by atoms with van der Waals surface area (Å²) in [5, 5.41) is 11.1. The first kappa shape index (κ1) is 31.8. The van der Waals surface area contributed by atoms with Crippen LogP contribution in [0.25, 0.3) is 0 Å². The maximum absolute atomic E-state index is 13.0. The van der Waals surface area contributed by atoms with Crippen molar-refractivity contribution in [3.8, 4) is 0 Å². The molecular formula is C23H42BrN5O5. The van der Waals surface area contributed by atoms with Crippen molar-refractivity contribution in [1.82, 2.24) is 21.3 Å². The first-order valence-electron chi connectivity index (χ1n) is 11.8. The number of carbonyl (C=O) groups is 5.